The molecule has 1 aromatic heterocycles. The highest BCUT2D eigenvalue weighted by atomic mass is 32.1. The van der Waals surface area contributed by atoms with Gasteiger partial charge in [-0.3, -0.25) is 19.8 Å². The third kappa shape index (κ3) is 3.03. The summed E-state index contributed by atoms with van der Waals surface area (Å²) in [5.74, 6) is -2.60. The molecule has 0 bridgehead atoms. The van der Waals surface area contributed by atoms with Crippen molar-refractivity contribution in [3.63, 3.8) is 0 Å². The highest BCUT2D eigenvalue weighted by molar-refractivity contribution is 7.12. The lowest BCUT2D eigenvalue weighted by Crippen LogP contribution is -2.69. The standard InChI is InChI=1S/C13H14F3N3O3S/c1-2-3-6-19-10(21)12(13(14,15)16,18-11(19)22)17-9(20)8-5-4-7-23-8/h4-5,7H,2-3,6H2,1H3,(H,17,20)(H,18,22). The van der Waals surface area contributed by atoms with Gasteiger partial charge in [0.15, 0.2) is 0 Å². The Kier molecular flexibility index (Phi) is 4.64. The number of thiophene rings is 1. The summed E-state index contributed by atoms with van der Waals surface area (Å²) in [6.07, 6.45) is -4.21. The van der Waals surface area contributed by atoms with Crippen molar-refractivity contribution in [1.82, 2.24) is 15.5 Å². The molecule has 2 heterocycles. The van der Waals surface area contributed by atoms with E-state index in [4.69, 9.17) is 0 Å². The van der Waals surface area contributed by atoms with Gasteiger partial charge in [-0.25, -0.2) is 4.79 Å². The number of imide groups is 1. The monoisotopic (exact) mass is 349 g/mol. The van der Waals surface area contributed by atoms with Gasteiger partial charge in [0.1, 0.15) is 0 Å². The predicted octanol–water partition coefficient (Wildman–Crippen LogP) is 2.09. The van der Waals surface area contributed by atoms with Gasteiger partial charge in [-0.05, 0) is 17.9 Å². The van der Waals surface area contributed by atoms with Crippen molar-refractivity contribution in [2.45, 2.75) is 31.6 Å². The Hall–Kier alpha value is -2.10. The Labute approximate surface area is 133 Å². The normalized spacial score (nSPS) is 21.5. The van der Waals surface area contributed by atoms with E-state index in [1.807, 2.05) is 0 Å². The summed E-state index contributed by atoms with van der Waals surface area (Å²) < 4.78 is 40.4. The maximum absolute atomic E-state index is 13.5. The van der Waals surface area contributed by atoms with Crippen molar-refractivity contribution < 1.29 is 27.6 Å². The van der Waals surface area contributed by atoms with Crippen molar-refractivity contribution in [2.24, 2.45) is 0 Å². The van der Waals surface area contributed by atoms with Crippen LogP contribution in [0.4, 0.5) is 18.0 Å². The summed E-state index contributed by atoms with van der Waals surface area (Å²) >= 11 is 0.923. The SMILES string of the molecule is CCCCN1C(=O)NC(NC(=O)c2cccs2)(C(F)(F)F)C1=O. The number of hydrogen-bond acceptors (Lipinski definition) is 4. The fraction of sp³-hybridized carbons (Fsp3) is 0.462. The number of halogens is 3. The molecular weight excluding hydrogens is 335 g/mol. The van der Waals surface area contributed by atoms with E-state index in [0.717, 1.165) is 11.3 Å². The number of nitrogens with zero attached hydrogens (tertiary/aromatic N) is 1. The zero-order valence-electron chi connectivity index (χ0n) is 12.1. The van der Waals surface area contributed by atoms with Crippen LogP contribution in [-0.2, 0) is 4.79 Å². The second kappa shape index (κ2) is 6.19. The number of alkyl halides is 3. The number of rotatable bonds is 5. The van der Waals surface area contributed by atoms with Crippen LogP contribution < -0.4 is 10.6 Å². The van der Waals surface area contributed by atoms with Gasteiger partial charge >= 0.3 is 12.2 Å². The Bertz CT molecular complexity index is 618. The van der Waals surface area contributed by atoms with Gasteiger partial charge in [-0.1, -0.05) is 19.4 Å². The molecule has 1 saturated heterocycles. The zero-order valence-corrected chi connectivity index (χ0v) is 12.9. The van der Waals surface area contributed by atoms with Crippen molar-refractivity contribution in [3.8, 4) is 0 Å². The van der Waals surface area contributed by atoms with E-state index in [-0.39, 0.29) is 11.4 Å². The molecule has 1 unspecified atom stereocenters. The molecule has 126 valence electrons. The number of urea groups is 1. The van der Waals surface area contributed by atoms with E-state index in [9.17, 15) is 27.6 Å². The third-order valence-corrected chi connectivity index (χ3v) is 4.18. The van der Waals surface area contributed by atoms with Crippen LogP contribution in [0.25, 0.3) is 0 Å². The molecule has 0 aliphatic carbocycles. The lowest BCUT2D eigenvalue weighted by Gasteiger charge is -2.29. The summed E-state index contributed by atoms with van der Waals surface area (Å²) in [5.41, 5.74) is -3.43. The van der Waals surface area contributed by atoms with Crippen molar-refractivity contribution in [3.05, 3.63) is 22.4 Å². The number of carbonyl (C=O) groups excluding carboxylic acids is 3. The maximum Gasteiger partial charge on any atom is 0.440 e. The zero-order chi connectivity index (χ0) is 17.3. The van der Waals surface area contributed by atoms with Crippen LogP contribution in [0.2, 0.25) is 0 Å². The van der Waals surface area contributed by atoms with Gasteiger partial charge in [0.2, 0.25) is 0 Å². The minimum absolute atomic E-state index is 0.00248. The van der Waals surface area contributed by atoms with Crippen molar-refractivity contribution >= 4 is 29.2 Å². The second-order valence-corrected chi connectivity index (χ2v) is 5.87. The number of hydrogen-bond donors (Lipinski definition) is 2. The first-order chi connectivity index (χ1) is 10.7. The summed E-state index contributed by atoms with van der Waals surface area (Å²) in [6.45, 7) is 1.63. The number of nitrogens with one attached hydrogen (secondary N) is 2. The van der Waals surface area contributed by atoms with Crippen molar-refractivity contribution in [2.75, 3.05) is 6.54 Å². The molecule has 2 rings (SSSR count). The van der Waals surface area contributed by atoms with Gasteiger partial charge in [0, 0.05) is 6.54 Å². The molecule has 10 heteroatoms. The summed E-state index contributed by atoms with van der Waals surface area (Å²) in [5, 5.41) is 4.75. The van der Waals surface area contributed by atoms with Crippen LogP contribution in [0.15, 0.2) is 17.5 Å². The quantitative estimate of drug-likeness (QED) is 0.799. The largest absolute Gasteiger partial charge is 0.440 e. The Morgan fingerprint density at radius 2 is 2.13 bits per heavy atom. The van der Waals surface area contributed by atoms with E-state index >= 15 is 0 Å². The average molecular weight is 349 g/mol. The smallest absolute Gasteiger partial charge is 0.313 e. The first-order valence-electron chi connectivity index (χ1n) is 6.80. The van der Waals surface area contributed by atoms with Crippen molar-refractivity contribution in [1.29, 1.82) is 0 Å². The Morgan fingerprint density at radius 1 is 1.43 bits per heavy atom. The molecule has 23 heavy (non-hydrogen) atoms. The minimum atomic E-state index is -5.17. The van der Waals surface area contributed by atoms with Crippen LogP contribution in [-0.4, -0.2) is 41.1 Å². The van der Waals surface area contributed by atoms with Gasteiger partial charge in [0.25, 0.3) is 17.5 Å². The number of amides is 4. The lowest BCUT2D eigenvalue weighted by molar-refractivity contribution is -0.200. The maximum atomic E-state index is 13.5. The first-order valence-corrected chi connectivity index (χ1v) is 7.67. The molecule has 2 N–H and O–H groups in total. The fourth-order valence-corrected chi connectivity index (χ4v) is 2.70. The molecule has 0 spiro atoms. The van der Waals surface area contributed by atoms with Crippen LogP contribution >= 0.6 is 11.3 Å². The van der Waals surface area contributed by atoms with E-state index in [1.54, 1.807) is 17.6 Å². The fourth-order valence-electron chi connectivity index (χ4n) is 2.08. The summed E-state index contributed by atoms with van der Waals surface area (Å²) in [6, 6.07) is 1.63. The molecule has 1 aromatic rings. The lowest BCUT2D eigenvalue weighted by atomic mass is 10.1. The first kappa shape index (κ1) is 17.3. The van der Waals surface area contributed by atoms with E-state index in [0.29, 0.717) is 17.7 Å². The highest BCUT2D eigenvalue weighted by Crippen LogP contribution is 2.34. The Balaban J connectivity index is 2.32. The van der Waals surface area contributed by atoms with E-state index in [2.05, 4.69) is 0 Å². The topological polar surface area (TPSA) is 78.5 Å². The molecule has 0 radical (unpaired) electrons. The number of carbonyl (C=O) groups is 3. The van der Waals surface area contributed by atoms with Gasteiger partial charge < -0.3 is 5.32 Å². The molecule has 1 aliphatic rings. The Morgan fingerprint density at radius 3 is 2.65 bits per heavy atom. The molecule has 4 amide bonds. The molecule has 1 fully saturated rings. The third-order valence-electron chi connectivity index (χ3n) is 3.31. The van der Waals surface area contributed by atoms with E-state index < -0.39 is 29.7 Å². The number of unbranched alkanes of at least 4 members (excludes halogenated alkanes) is 1. The summed E-state index contributed by atoms with van der Waals surface area (Å²) in [7, 11) is 0. The summed E-state index contributed by atoms with van der Waals surface area (Å²) in [4.78, 5) is 36.4. The van der Waals surface area contributed by atoms with Gasteiger partial charge in [0.05, 0.1) is 4.88 Å². The van der Waals surface area contributed by atoms with Gasteiger partial charge in [-0.2, -0.15) is 13.2 Å². The van der Waals surface area contributed by atoms with Crippen LogP contribution in [0.3, 0.4) is 0 Å². The predicted molar refractivity (Wildman–Crippen MR) is 75.7 cm³/mol. The van der Waals surface area contributed by atoms with Crippen LogP contribution in [0, 0.1) is 0 Å². The molecular formula is C13H14F3N3O3S. The van der Waals surface area contributed by atoms with E-state index in [1.165, 1.54) is 17.5 Å². The molecule has 1 aliphatic heterocycles. The average Bonchev–Trinajstić information content (AvgIpc) is 3.06. The molecule has 0 saturated carbocycles. The second-order valence-electron chi connectivity index (χ2n) is 4.92. The minimum Gasteiger partial charge on any atom is -0.313 e. The van der Waals surface area contributed by atoms with Crippen LogP contribution in [0.5, 0.6) is 0 Å². The highest BCUT2D eigenvalue weighted by Gasteiger charge is 2.68. The molecule has 0 aromatic carbocycles. The van der Waals surface area contributed by atoms with Gasteiger partial charge in [-0.15, -0.1) is 11.3 Å². The molecule has 6 nitrogen and oxygen atoms in total. The molecule has 1 atom stereocenters. The van der Waals surface area contributed by atoms with Crippen LogP contribution in [0.1, 0.15) is 29.4 Å².